The molecule has 4 heteroatoms. The van der Waals surface area contributed by atoms with Crippen molar-refractivity contribution in [3.8, 4) is 5.88 Å². The van der Waals surface area contributed by atoms with Crippen LogP contribution in [0.15, 0.2) is 18.3 Å². The molecule has 1 unspecified atom stereocenters. The molecular formula is C17H29N3O. The van der Waals surface area contributed by atoms with Crippen molar-refractivity contribution in [1.29, 1.82) is 0 Å². The first-order chi connectivity index (χ1) is 9.98. The first-order valence-corrected chi connectivity index (χ1v) is 7.93. The molecule has 4 nitrogen and oxygen atoms in total. The molecule has 21 heavy (non-hydrogen) atoms. The topological polar surface area (TPSA) is 37.4 Å². The van der Waals surface area contributed by atoms with Crippen LogP contribution in [0.1, 0.15) is 39.2 Å². The number of piperidine rings is 1. The Balaban J connectivity index is 1.89. The van der Waals surface area contributed by atoms with Crippen molar-refractivity contribution in [1.82, 2.24) is 15.2 Å². The van der Waals surface area contributed by atoms with Crippen molar-refractivity contribution in [2.45, 2.75) is 45.7 Å². The standard InChI is InChI=1S/C17H29N3O/c1-17(2,3)19-11-14-7-6-10-20(12-14)13-15-8-5-9-18-16(15)21-4/h5,8-9,14,19H,6-7,10-13H2,1-4H3. The molecular weight excluding hydrogens is 262 g/mol. The number of aromatic nitrogens is 1. The van der Waals surface area contributed by atoms with Gasteiger partial charge in [0.15, 0.2) is 0 Å². The van der Waals surface area contributed by atoms with Crippen LogP contribution in [-0.4, -0.2) is 42.2 Å². The molecule has 0 amide bonds. The fourth-order valence-electron chi connectivity index (χ4n) is 2.88. The molecule has 1 aromatic heterocycles. The smallest absolute Gasteiger partial charge is 0.217 e. The summed E-state index contributed by atoms with van der Waals surface area (Å²) in [5, 5.41) is 3.63. The van der Waals surface area contributed by atoms with Crippen molar-refractivity contribution >= 4 is 0 Å². The minimum absolute atomic E-state index is 0.203. The molecule has 0 aliphatic carbocycles. The molecule has 1 N–H and O–H groups in total. The molecule has 0 spiro atoms. The highest BCUT2D eigenvalue weighted by Gasteiger charge is 2.22. The minimum Gasteiger partial charge on any atom is -0.481 e. The monoisotopic (exact) mass is 291 g/mol. The molecule has 2 heterocycles. The molecule has 1 aliphatic rings. The Labute approximate surface area is 128 Å². The Kier molecular flexibility index (Phi) is 5.59. The maximum Gasteiger partial charge on any atom is 0.217 e. The van der Waals surface area contributed by atoms with Crippen LogP contribution in [0.2, 0.25) is 0 Å². The lowest BCUT2D eigenvalue weighted by atomic mass is 9.96. The summed E-state index contributed by atoms with van der Waals surface area (Å²) in [7, 11) is 1.69. The first kappa shape index (κ1) is 16.2. The van der Waals surface area contributed by atoms with Gasteiger partial charge in [-0.1, -0.05) is 6.07 Å². The Hall–Kier alpha value is -1.13. The van der Waals surface area contributed by atoms with Crippen LogP contribution in [0.25, 0.3) is 0 Å². The Morgan fingerprint density at radius 1 is 1.43 bits per heavy atom. The Morgan fingerprint density at radius 3 is 2.95 bits per heavy atom. The SMILES string of the molecule is COc1ncccc1CN1CCCC(CNC(C)(C)C)C1. The highest BCUT2D eigenvalue weighted by Crippen LogP contribution is 2.22. The van der Waals surface area contributed by atoms with Gasteiger partial charge in [-0.15, -0.1) is 0 Å². The quantitative estimate of drug-likeness (QED) is 0.905. The molecule has 1 saturated heterocycles. The second-order valence-corrected chi connectivity index (χ2v) is 7.05. The second kappa shape index (κ2) is 7.23. The molecule has 0 bridgehead atoms. The molecule has 0 aromatic carbocycles. The van der Waals surface area contributed by atoms with E-state index in [1.165, 1.54) is 24.9 Å². The number of methoxy groups -OCH3 is 1. The summed E-state index contributed by atoms with van der Waals surface area (Å²) in [6.07, 6.45) is 4.39. The van der Waals surface area contributed by atoms with Crippen molar-refractivity contribution in [3.05, 3.63) is 23.9 Å². The van der Waals surface area contributed by atoms with E-state index in [0.29, 0.717) is 0 Å². The average Bonchev–Trinajstić information content (AvgIpc) is 2.45. The summed E-state index contributed by atoms with van der Waals surface area (Å²) in [6.45, 7) is 11.1. The molecule has 1 aromatic rings. The van der Waals surface area contributed by atoms with Gasteiger partial charge in [-0.2, -0.15) is 0 Å². The lowest BCUT2D eigenvalue weighted by Gasteiger charge is -2.34. The maximum atomic E-state index is 5.36. The number of ether oxygens (including phenoxy) is 1. The molecule has 1 atom stereocenters. The van der Waals surface area contributed by atoms with Gasteiger partial charge < -0.3 is 10.1 Å². The Morgan fingerprint density at radius 2 is 2.24 bits per heavy atom. The number of nitrogens with zero attached hydrogens (tertiary/aromatic N) is 2. The van der Waals surface area contributed by atoms with E-state index in [0.717, 1.165) is 31.4 Å². The predicted octanol–water partition coefficient (Wildman–Crippen LogP) is 2.69. The van der Waals surface area contributed by atoms with E-state index in [1.807, 2.05) is 6.07 Å². The number of rotatable bonds is 5. The third kappa shape index (κ3) is 5.29. The van der Waals surface area contributed by atoms with E-state index in [1.54, 1.807) is 13.3 Å². The van der Waals surface area contributed by atoms with Gasteiger partial charge in [0.2, 0.25) is 5.88 Å². The molecule has 118 valence electrons. The van der Waals surface area contributed by atoms with E-state index in [-0.39, 0.29) is 5.54 Å². The van der Waals surface area contributed by atoms with Gasteiger partial charge in [-0.25, -0.2) is 4.98 Å². The van der Waals surface area contributed by atoms with Gasteiger partial charge >= 0.3 is 0 Å². The summed E-state index contributed by atoms with van der Waals surface area (Å²) in [4.78, 5) is 6.81. The lowest BCUT2D eigenvalue weighted by molar-refractivity contribution is 0.158. The summed E-state index contributed by atoms with van der Waals surface area (Å²) >= 11 is 0. The highest BCUT2D eigenvalue weighted by atomic mass is 16.5. The van der Waals surface area contributed by atoms with Gasteiger partial charge in [-0.3, -0.25) is 4.90 Å². The van der Waals surface area contributed by atoms with E-state index in [9.17, 15) is 0 Å². The number of nitrogens with one attached hydrogen (secondary N) is 1. The van der Waals surface area contributed by atoms with E-state index >= 15 is 0 Å². The normalized spacial score (nSPS) is 20.5. The van der Waals surface area contributed by atoms with Gasteiger partial charge in [-0.05, 0) is 58.7 Å². The van der Waals surface area contributed by atoms with Crippen molar-refractivity contribution < 1.29 is 4.74 Å². The van der Waals surface area contributed by atoms with E-state index in [4.69, 9.17) is 4.74 Å². The van der Waals surface area contributed by atoms with Crippen LogP contribution in [0.4, 0.5) is 0 Å². The number of pyridine rings is 1. The second-order valence-electron chi connectivity index (χ2n) is 7.05. The first-order valence-electron chi connectivity index (χ1n) is 7.93. The van der Waals surface area contributed by atoms with Gasteiger partial charge in [0.1, 0.15) is 0 Å². The predicted molar refractivity (Wildman–Crippen MR) is 86.5 cm³/mol. The summed E-state index contributed by atoms with van der Waals surface area (Å²) in [6, 6.07) is 4.10. The molecule has 0 radical (unpaired) electrons. The largest absolute Gasteiger partial charge is 0.481 e. The number of likely N-dealkylation sites (tertiary alicyclic amines) is 1. The van der Waals surface area contributed by atoms with E-state index < -0.39 is 0 Å². The summed E-state index contributed by atoms with van der Waals surface area (Å²) in [5.41, 5.74) is 1.39. The molecule has 0 saturated carbocycles. The summed E-state index contributed by atoms with van der Waals surface area (Å²) < 4.78 is 5.36. The minimum atomic E-state index is 0.203. The fourth-order valence-corrected chi connectivity index (χ4v) is 2.88. The van der Waals surface area contributed by atoms with E-state index in [2.05, 4.69) is 42.0 Å². The van der Waals surface area contributed by atoms with Crippen LogP contribution < -0.4 is 10.1 Å². The third-order valence-corrected chi connectivity index (χ3v) is 3.96. The van der Waals surface area contributed by atoms with Crippen LogP contribution >= 0.6 is 0 Å². The Bertz CT molecular complexity index is 442. The molecule has 2 rings (SSSR count). The van der Waals surface area contributed by atoms with Gasteiger partial charge in [0.05, 0.1) is 7.11 Å². The lowest BCUT2D eigenvalue weighted by Crippen LogP contribution is -2.44. The fraction of sp³-hybridized carbons (Fsp3) is 0.706. The van der Waals surface area contributed by atoms with Gasteiger partial charge in [0, 0.05) is 30.4 Å². The van der Waals surface area contributed by atoms with Gasteiger partial charge in [0.25, 0.3) is 0 Å². The third-order valence-electron chi connectivity index (χ3n) is 3.96. The summed E-state index contributed by atoms with van der Waals surface area (Å²) in [5.74, 6) is 1.49. The zero-order valence-corrected chi connectivity index (χ0v) is 13.9. The molecule has 1 fully saturated rings. The highest BCUT2D eigenvalue weighted by molar-refractivity contribution is 5.25. The average molecular weight is 291 g/mol. The van der Waals surface area contributed by atoms with Crippen LogP contribution in [0.3, 0.4) is 0 Å². The van der Waals surface area contributed by atoms with Crippen molar-refractivity contribution in [2.75, 3.05) is 26.7 Å². The maximum absolute atomic E-state index is 5.36. The van der Waals surface area contributed by atoms with Crippen molar-refractivity contribution in [2.24, 2.45) is 5.92 Å². The number of hydrogen-bond donors (Lipinski definition) is 1. The van der Waals surface area contributed by atoms with Crippen molar-refractivity contribution in [3.63, 3.8) is 0 Å². The van der Waals surface area contributed by atoms with Crippen LogP contribution in [0, 0.1) is 5.92 Å². The van der Waals surface area contributed by atoms with Crippen LogP contribution in [-0.2, 0) is 6.54 Å². The zero-order valence-electron chi connectivity index (χ0n) is 13.9. The molecule has 1 aliphatic heterocycles. The number of hydrogen-bond acceptors (Lipinski definition) is 4. The zero-order chi connectivity index (χ0) is 15.3. The van der Waals surface area contributed by atoms with Crippen LogP contribution in [0.5, 0.6) is 5.88 Å².